The second-order valence-electron chi connectivity index (χ2n) is 5.82. The predicted octanol–water partition coefficient (Wildman–Crippen LogP) is 5.95. The lowest BCUT2D eigenvalue weighted by Gasteiger charge is -2.09. The molecule has 0 N–H and O–H groups in total. The van der Waals surface area contributed by atoms with Gasteiger partial charge >= 0.3 is 0 Å². The summed E-state index contributed by atoms with van der Waals surface area (Å²) < 4.78 is 15.2. The third-order valence-electron chi connectivity index (χ3n) is 4.13. The van der Waals surface area contributed by atoms with Crippen LogP contribution in [0.25, 0.3) is 17.3 Å². The van der Waals surface area contributed by atoms with E-state index in [-0.39, 0.29) is 5.82 Å². The number of aryl methyl sites for hydroxylation is 1. The van der Waals surface area contributed by atoms with Crippen molar-refractivity contribution in [3.05, 3.63) is 88.0 Å². The van der Waals surface area contributed by atoms with E-state index in [1.54, 1.807) is 12.1 Å². The van der Waals surface area contributed by atoms with Gasteiger partial charge in [-0.25, -0.2) is 4.39 Å². The van der Waals surface area contributed by atoms with Crippen molar-refractivity contribution in [3.8, 4) is 11.8 Å². The number of nitrogens with zero attached hydrogens (tertiary/aromatic N) is 2. The van der Waals surface area contributed by atoms with Crippen LogP contribution in [0.3, 0.4) is 0 Å². The summed E-state index contributed by atoms with van der Waals surface area (Å²) in [5.74, 6) is -0.318. The van der Waals surface area contributed by atoms with Crippen molar-refractivity contribution >= 4 is 23.3 Å². The number of rotatable bonds is 3. The first-order valence-electron chi connectivity index (χ1n) is 7.82. The van der Waals surface area contributed by atoms with Crippen LogP contribution in [0.5, 0.6) is 0 Å². The molecule has 0 bridgehead atoms. The average Bonchev–Trinajstić information content (AvgIpc) is 2.88. The molecule has 0 unspecified atom stereocenters. The highest BCUT2D eigenvalue weighted by atomic mass is 35.5. The molecule has 0 aliphatic carbocycles. The quantitative estimate of drug-likeness (QED) is 0.536. The van der Waals surface area contributed by atoms with Gasteiger partial charge in [0, 0.05) is 22.1 Å². The molecule has 0 amide bonds. The molecule has 0 spiro atoms. The van der Waals surface area contributed by atoms with E-state index in [2.05, 4.69) is 10.6 Å². The van der Waals surface area contributed by atoms with Crippen molar-refractivity contribution in [2.45, 2.75) is 13.8 Å². The molecule has 2 nitrogen and oxygen atoms in total. The molecular formula is C21H16ClFN2. The molecule has 0 atom stereocenters. The fourth-order valence-electron chi connectivity index (χ4n) is 2.89. The zero-order valence-corrected chi connectivity index (χ0v) is 14.7. The standard InChI is InChI=1S/C21H16ClFN2/c1-14-11-17(12-18(13-24)16-3-7-20(23)8-4-16)15(2)25(14)21-9-5-19(22)6-10-21/h3-12H,1-2H3/b18-12+. The van der Waals surface area contributed by atoms with Crippen LogP contribution in [-0.4, -0.2) is 4.57 Å². The second kappa shape index (κ2) is 6.96. The molecule has 3 aromatic rings. The molecule has 25 heavy (non-hydrogen) atoms. The highest BCUT2D eigenvalue weighted by molar-refractivity contribution is 6.30. The van der Waals surface area contributed by atoms with Crippen molar-refractivity contribution in [2.75, 3.05) is 0 Å². The third-order valence-corrected chi connectivity index (χ3v) is 4.38. The fraction of sp³-hybridized carbons (Fsp3) is 0.0952. The normalized spacial score (nSPS) is 11.4. The molecule has 0 aliphatic rings. The van der Waals surface area contributed by atoms with Gasteiger partial charge < -0.3 is 4.57 Å². The molecule has 1 heterocycles. The molecule has 0 saturated carbocycles. The van der Waals surface area contributed by atoms with Crippen molar-refractivity contribution in [1.82, 2.24) is 4.57 Å². The van der Waals surface area contributed by atoms with Gasteiger partial charge in [-0.3, -0.25) is 0 Å². The maximum absolute atomic E-state index is 13.1. The summed E-state index contributed by atoms with van der Waals surface area (Å²) in [4.78, 5) is 0. The Labute approximate surface area is 151 Å². The molecule has 1 aromatic heterocycles. The van der Waals surface area contributed by atoms with Gasteiger partial charge in [0.25, 0.3) is 0 Å². The zero-order chi connectivity index (χ0) is 18.0. The second-order valence-corrected chi connectivity index (χ2v) is 6.25. The van der Waals surface area contributed by atoms with E-state index in [0.29, 0.717) is 16.2 Å². The van der Waals surface area contributed by atoms with Gasteiger partial charge in [-0.1, -0.05) is 23.7 Å². The van der Waals surface area contributed by atoms with Crippen molar-refractivity contribution in [3.63, 3.8) is 0 Å². The molecule has 4 heteroatoms. The number of aromatic nitrogens is 1. The molecule has 124 valence electrons. The van der Waals surface area contributed by atoms with Crippen LogP contribution in [0.15, 0.2) is 54.6 Å². The lowest BCUT2D eigenvalue weighted by Crippen LogP contribution is -1.98. The van der Waals surface area contributed by atoms with E-state index in [0.717, 1.165) is 22.6 Å². The van der Waals surface area contributed by atoms with E-state index in [4.69, 9.17) is 11.6 Å². The Bertz CT molecular complexity index is 974. The highest BCUT2D eigenvalue weighted by Crippen LogP contribution is 2.26. The lowest BCUT2D eigenvalue weighted by atomic mass is 10.0. The minimum atomic E-state index is -0.318. The maximum atomic E-state index is 13.1. The van der Waals surface area contributed by atoms with Gasteiger partial charge in [-0.15, -0.1) is 0 Å². The minimum Gasteiger partial charge on any atom is -0.318 e. The first-order chi connectivity index (χ1) is 12.0. The predicted molar refractivity (Wildman–Crippen MR) is 100 cm³/mol. The van der Waals surface area contributed by atoms with Gasteiger partial charge in [0.05, 0.1) is 11.6 Å². The Balaban J connectivity index is 2.06. The smallest absolute Gasteiger partial charge is 0.123 e. The van der Waals surface area contributed by atoms with E-state index < -0.39 is 0 Å². The van der Waals surface area contributed by atoms with Crippen molar-refractivity contribution in [1.29, 1.82) is 5.26 Å². The molecular weight excluding hydrogens is 335 g/mol. The molecule has 0 radical (unpaired) electrons. The average molecular weight is 351 g/mol. The number of halogens is 2. The lowest BCUT2D eigenvalue weighted by molar-refractivity contribution is 0.627. The molecule has 3 rings (SSSR count). The zero-order valence-electron chi connectivity index (χ0n) is 13.9. The number of nitriles is 1. The van der Waals surface area contributed by atoms with Crippen LogP contribution in [0.2, 0.25) is 5.02 Å². The summed E-state index contributed by atoms with van der Waals surface area (Å²) in [5, 5.41) is 10.2. The van der Waals surface area contributed by atoms with Crippen LogP contribution < -0.4 is 0 Å². The van der Waals surface area contributed by atoms with E-state index in [1.165, 1.54) is 12.1 Å². The largest absolute Gasteiger partial charge is 0.318 e. The summed E-state index contributed by atoms with van der Waals surface area (Å²) in [6.45, 7) is 4.02. The topological polar surface area (TPSA) is 28.7 Å². The fourth-order valence-corrected chi connectivity index (χ4v) is 3.01. The Morgan fingerprint density at radius 2 is 1.72 bits per heavy atom. The Morgan fingerprint density at radius 1 is 1.08 bits per heavy atom. The van der Waals surface area contributed by atoms with E-state index in [9.17, 15) is 9.65 Å². The van der Waals surface area contributed by atoms with Crippen LogP contribution >= 0.6 is 11.6 Å². The number of allylic oxidation sites excluding steroid dienone is 1. The van der Waals surface area contributed by atoms with Gasteiger partial charge in [0.15, 0.2) is 0 Å². The maximum Gasteiger partial charge on any atom is 0.123 e. The van der Waals surface area contributed by atoms with Crippen LogP contribution in [-0.2, 0) is 0 Å². The first-order valence-corrected chi connectivity index (χ1v) is 8.20. The van der Waals surface area contributed by atoms with Gasteiger partial charge in [0.1, 0.15) is 5.82 Å². The summed E-state index contributed by atoms with van der Waals surface area (Å²) in [6.07, 6.45) is 1.84. The SMILES string of the molecule is Cc1cc(/C=C(\C#N)c2ccc(F)cc2)c(C)n1-c1ccc(Cl)cc1. The Kier molecular flexibility index (Phi) is 4.74. The molecule has 0 fully saturated rings. The first kappa shape index (κ1) is 17.0. The number of benzene rings is 2. The monoisotopic (exact) mass is 350 g/mol. The van der Waals surface area contributed by atoms with E-state index >= 15 is 0 Å². The Morgan fingerprint density at radius 3 is 2.32 bits per heavy atom. The van der Waals surface area contributed by atoms with Gasteiger partial charge in [-0.05, 0) is 73.5 Å². The van der Waals surface area contributed by atoms with Crippen LogP contribution in [0.4, 0.5) is 4.39 Å². The number of hydrogen-bond donors (Lipinski definition) is 0. The Hall–Kier alpha value is -2.83. The number of hydrogen-bond acceptors (Lipinski definition) is 1. The third kappa shape index (κ3) is 3.50. The van der Waals surface area contributed by atoms with Gasteiger partial charge in [0.2, 0.25) is 0 Å². The summed E-state index contributed by atoms with van der Waals surface area (Å²) in [7, 11) is 0. The van der Waals surface area contributed by atoms with Crippen LogP contribution in [0.1, 0.15) is 22.5 Å². The highest BCUT2D eigenvalue weighted by Gasteiger charge is 2.11. The molecule has 0 aliphatic heterocycles. The molecule has 0 saturated heterocycles. The minimum absolute atomic E-state index is 0.318. The summed E-state index contributed by atoms with van der Waals surface area (Å²) in [6, 6.07) is 17.8. The van der Waals surface area contributed by atoms with E-state index in [1.807, 2.05) is 50.3 Å². The van der Waals surface area contributed by atoms with Gasteiger partial charge in [-0.2, -0.15) is 5.26 Å². The molecule has 2 aromatic carbocycles. The van der Waals surface area contributed by atoms with Crippen molar-refractivity contribution in [2.24, 2.45) is 0 Å². The van der Waals surface area contributed by atoms with Crippen LogP contribution in [0, 0.1) is 31.0 Å². The summed E-state index contributed by atoms with van der Waals surface area (Å²) in [5.41, 5.74) is 5.24. The summed E-state index contributed by atoms with van der Waals surface area (Å²) >= 11 is 5.97. The van der Waals surface area contributed by atoms with Crippen molar-refractivity contribution < 1.29 is 4.39 Å².